The molecule has 1 N–H and O–H groups in total. The summed E-state index contributed by atoms with van der Waals surface area (Å²) in [5.41, 5.74) is 0.745. The van der Waals surface area contributed by atoms with Crippen molar-refractivity contribution in [1.82, 2.24) is 5.32 Å². The lowest BCUT2D eigenvalue weighted by atomic mass is 10.2. The average molecular weight is 431 g/mol. The SMILES string of the molecule is CCOC(=O)C(NC(=O)OCc1ccccc1)C(C)OC(=O)CCS(=O)(=O)OC. The molecule has 2 unspecified atom stereocenters. The van der Waals surface area contributed by atoms with Crippen LogP contribution in [0.2, 0.25) is 0 Å². The number of alkyl carbamates (subject to hydrolysis) is 1. The highest BCUT2D eigenvalue weighted by Crippen LogP contribution is 2.07. The maximum atomic E-state index is 12.1. The second kappa shape index (κ2) is 12.0. The van der Waals surface area contributed by atoms with Crippen LogP contribution in [0.1, 0.15) is 25.8 Å². The lowest BCUT2D eigenvalue weighted by Gasteiger charge is -2.23. The first kappa shape index (κ1) is 24.4. The van der Waals surface area contributed by atoms with Gasteiger partial charge in [-0.3, -0.25) is 8.98 Å². The fraction of sp³-hybridized carbons (Fsp3) is 0.500. The van der Waals surface area contributed by atoms with Gasteiger partial charge in [0.15, 0.2) is 6.04 Å². The number of carbonyl (C=O) groups is 3. The van der Waals surface area contributed by atoms with Crippen LogP contribution in [-0.2, 0) is 44.7 Å². The summed E-state index contributed by atoms with van der Waals surface area (Å²) < 4.78 is 41.8. The highest BCUT2D eigenvalue weighted by atomic mass is 32.2. The van der Waals surface area contributed by atoms with Gasteiger partial charge in [-0.2, -0.15) is 8.42 Å². The minimum absolute atomic E-state index is 0.0226. The zero-order valence-electron chi connectivity index (χ0n) is 16.5. The molecule has 1 aromatic carbocycles. The molecule has 2 atom stereocenters. The van der Waals surface area contributed by atoms with E-state index in [2.05, 4.69) is 9.50 Å². The molecule has 29 heavy (non-hydrogen) atoms. The van der Waals surface area contributed by atoms with Gasteiger partial charge in [0.2, 0.25) is 0 Å². The van der Waals surface area contributed by atoms with Crippen LogP contribution in [0.3, 0.4) is 0 Å². The maximum Gasteiger partial charge on any atom is 0.408 e. The molecule has 0 saturated carbocycles. The summed E-state index contributed by atoms with van der Waals surface area (Å²) in [6, 6.07) is 7.56. The van der Waals surface area contributed by atoms with Crippen LogP contribution in [0.25, 0.3) is 0 Å². The van der Waals surface area contributed by atoms with Gasteiger partial charge in [-0.25, -0.2) is 9.59 Å². The molecule has 0 fully saturated rings. The van der Waals surface area contributed by atoms with Crippen molar-refractivity contribution in [2.24, 2.45) is 0 Å². The van der Waals surface area contributed by atoms with E-state index < -0.39 is 52.5 Å². The molecule has 162 valence electrons. The molecule has 1 amide bonds. The van der Waals surface area contributed by atoms with Crippen molar-refractivity contribution in [2.45, 2.75) is 39.0 Å². The second-order valence-electron chi connectivity index (χ2n) is 5.81. The molecule has 0 aliphatic heterocycles. The maximum absolute atomic E-state index is 12.1. The third-order valence-corrected chi connectivity index (χ3v) is 4.84. The van der Waals surface area contributed by atoms with Crippen molar-refractivity contribution >= 4 is 28.1 Å². The average Bonchev–Trinajstić information content (AvgIpc) is 2.70. The fourth-order valence-corrected chi connectivity index (χ4v) is 2.70. The van der Waals surface area contributed by atoms with Crippen LogP contribution in [0.15, 0.2) is 30.3 Å². The predicted octanol–water partition coefficient (Wildman–Crippen LogP) is 1.14. The summed E-state index contributed by atoms with van der Waals surface area (Å²) in [5, 5.41) is 2.30. The Hall–Kier alpha value is -2.66. The molecule has 1 aromatic rings. The van der Waals surface area contributed by atoms with Gasteiger partial charge >= 0.3 is 18.0 Å². The smallest absolute Gasteiger partial charge is 0.408 e. The van der Waals surface area contributed by atoms with Crippen LogP contribution in [0, 0.1) is 0 Å². The van der Waals surface area contributed by atoms with Crippen molar-refractivity contribution in [3.63, 3.8) is 0 Å². The van der Waals surface area contributed by atoms with Gasteiger partial charge in [-0.15, -0.1) is 0 Å². The molecule has 0 heterocycles. The summed E-state index contributed by atoms with van der Waals surface area (Å²) in [6.07, 6.45) is -2.51. The van der Waals surface area contributed by atoms with E-state index in [9.17, 15) is 22.8 Å². The van der Waals surface area contributed by atoms with Gasteiger partial charge in [-0.1, -0.05) is 30.3 Å². The Bertz CT molecular complexity index is 780. The van der Waals surface area contributed by atoms with Gasteiger partial charge in [-0.05, 0) is 19.4 Å². The van der Waals surface area contributed by atoms with Crippen molar-refractivity contribution in [3.8, 4) is 0 Å². The third-order valence-electron chi connectivity index (χ3n) is 3.62. The minimum Gasteiger partial charge on any atom is -0.464 e. The van der Waals surface area contributed by atoms with E-state index >= 15 is 0 Å². The first-order valence-corrected chi connectivity index (χ1v) is 10.4. The number of hydrogen-bond acceptors (Lipinski definition) is 9. The number of esters is 2. The largest absolute Gasteiger partial charge is 0.464 e. The van der Waals surface area contributed by atoms with Gasteiger partial charge in [0.05, 0.1) is 25.9 Å². The van der Waals surface area contributed by atoms with Gasteiger partial charge in [0.1, 0.15) is 12.7 Å². The van der Waals surface area contributed by atoms with Crippen LogP contribution < -0.4 is 5.32 Å². The second-order valence-corrected chi connectivity index (χ2v) is 7.67. The number of ether oxygens (including phenoxy) is 3. The zero-order valence-corrected chi connectivity index (χ0v) is 17.3. The summed E-state index contributed by atoms with van der Waals surface area (Å²) in [4.78, 5) is 36.0. The Labute approximate surface area is 169 Å². The van der Waals surface area contributed by atoms with E-state index in [0.717, 1.165) is 12.7 Å². The summed E-state index contributed by atoms with van der Waals surface area (Å²) in [7, 11) is -2.85. The number of hydrogen-bond donors (Lipinski definition) is 1. The standard InChI is InChI=1S/C18H25NO9S/c1-4-26-17(21)16(13(2)28-15(20)10-11-29(23,24)25-3)19-18(22)27-12-14-8-6-5-7-9-14/h5-9,13,16H,4,10-12H2,1-3H3,(H,19,22). The van der Waals surface area contributed by atoms with E-state index in [1.165, 1.54) is 6.92 Å². The number of benzene rings is 1. The molecule has 0 spiro atoms. The molecule has 0 aliphatic carbocycles. The first-order chi connectivity index (χ1) is 13.7. The monoisotopic (exact) mass is 431 g/mol. The van der Waals surface area contributed by atoms with Gasteiger partial charge < -0.3 is 19.5 Å². The predicted molar refractivity (Wildman–Crippen MR) is 101 cm³/mol. The zero-order chi connectivity index (χ0) is 21.9. The van der Waals surface area contributed by atoms with Crippen LogP contribution in [0.5, 0.6) is 0 Å². The topological polar surface area (TPSA) is 134 Å². The molecule has 1 rings (SSSR count). The highest BCUT2D eigenvalue weighted by molar-refractivity contribution is 7.86. The summed E-state index contributed by atoms with van der Waals surface area (Å²) >= 11 is 0. The van der Waals surface area contributed by atoms with E-state index in [4.69, 9.17) is 14.2 Å². The molecule has 0 aliphatic rings. The third kappa shape index (κ3) is 9.39. The fourth-order valence-electron chi connectivity index (χ4n) is 2.12. The molecule has 0 aromatic heterocycles. The van der Waals surface area contributed by atoms with Crippen molar-refractivity contribution in [2.75, 3.05) is 19.5 Å². The number of rotatable bonds is 11. The van der Waals surface area contributed by atoms with Gasteiger partial charge in [0, 0.05) is 0 Å². The summed E-state index contributed by atoms with van der Waals surface area (Å²) in [5.74, 6) is -2.29. The van der Waals surface area contributed by atoms with E-state index in [1.54, 1.807) is 31.2 Å². The van der Waals surface area contributed by atoms with Gasteiger partial charge in [0.25, 0.3) is 10.1 Å². The summed E-state index contributed by atoms with van der Waals surface area (Å²) in [6.45, 7) is 2.96. The van der Waals surface area contributed by atoms with Crippen LogP contribution in [0.4, 0.5) is 4.79 Å². The normalized spacial score (nSPS) is 13.1. The minimum atomic E-state index is -3.83. The number of nitrogens with one attached hydrogen (secondary N) is 1. The van der Waals surface area contributed by atoms with Crippen molar-refractivity contribution in [3.05, 3.63) is 35.9 Å². The quantitative estimate of drug-likeness (QED) is 0.311. The molecule has 0 radical (unpaired) electrons. The highest BCUT2D eigenvalue weighted by Gasteiger charge is 2.32. The lowest BCUT2D eigenvalue weighted by Crippen LogP contribution is -2.50. The molecule has 0 bridgehead atoms. The van der Waals surface area contributed by atoms with E-state index in [1.807, 2.05) is 6.07 Å². The molecule has 11 heteroatoms. The van der Waals surface area contributed by atoms with E-state index in [-0.39, 0.29) is 13.2 Å². The number of carbonyl (C=O) groups excluding carboxylic acids is 3. The first-order valence-electron chi connectivity index (χ1n) is 8.80. The molecule has 10 nitrogen and oxygen atoms in total. The van der Waals surface area contributed by atoms with Crippen LogP contribution in [-0.4, -0.2) is 58.1 Å². The van der Waals surface area contributed by atoms with Crippen LogP contribution >= 0.6 is 0 Å². The van der Waals surface area contributed by atoms with Crippen molar-refractivity contribution < 1.29 is 41.2 Å². The molecular formula is C18H25NO9S. The van der Waals surface area contributed by atoms with E-state index in [0.29, 0.717) is 0 Å². The Morgan fingerprint density at radius 3 is 2.34 bits per heavy atom. The Kier molecular flexibility index (Phi) is 10.1. The Morgan fingerprint density at radius 1 is 1.10 bits per heavy atom. The Balaban J connectivity index is 2.66. The number of amides is 1. The van der Waals surface area contributed by atoms with Crippen molar-refractivity contribution in [1.29, 1.82) is 0 Å². The Morgan fingerprint density at radius 2 is 1.76 bits per heavy atom. The molecular weight excluding hydrogens is 406 g/mol. The lowest BCUT2D eigenvalue weighted by molar-refractivity contribution is -0.156. The molecule has 0 saturated heterocycles.